The summed E-state index contributed by atoms with van der Waals surface area (Å²) in [6, 6.07) is 13.3. The van der Waals surface area contributed by atoms with E-state index >= 15 is 0 Å². The monoisotopic (exact) mass is 459 g/mol. The lowest BCUT2D eigenvalue weighted by atomic mass is 10.1. The maximum atomic E-state index is 6.37. The van der Waals surface area contributed by atoms with Crippen LogP contribution in [-0.4, -0.2) is 10.2 Å². The third kappa shape index (κ3) is 3.57. The summed E-state index contributed by atoms with van der Waals surface area (Å²) in [5.41, 5.74) is 8.29. The Hall–Kier alpha value is -1.44. The summed E-state index contributed by atoms with van der Waals surface area (Å²) in [4.78, 5) is 0. The number of nitrogens with one attached hydrogen (secondary N) is 1. The summed E-state index contributed by atoms with van der Waals surface area (Å²) >= 11 is 14.8. The Labute approximate surface area is 157 Å². The molecule has 1 aromatic heterocycles. The van der Waals surface area contributed by atoms with Gasteiger partial charge in [-0.1, -0.05) is 53.5 Å². The minimum Gasteiger partial charge on any atom is -0.487 e. The van der Waals surface area contributed by atoms with E-state index in [0.29, 0.717) is 28.2 Å². The predicted molar refractivity (Wildman–Crippen MR) is 102 cm³/mol. The van der Waals surface area contributed by atoms with Crippen molar-refractivity contribution >= 4 is 51.6 Å². The van der Waals surface area contributed by atoms with Gasteiger partial charge in [-0.25, -0.2) is 0 Å². The molecule has 0 saturated carbocycles. The Kier molecular flexibility index (Phi) is 4.99. The second-order valence-corrected chi connectivity index (χ2v) is 6.73. The summed E-state index contributed by atoms with van der Waals surface area (Å²) in [5.74, 6) is 0.962. The standard InChI is InChI=1S/C16H12Cl2IN3O/c17-11-7-13(23-8-9-4-2-1-3-5-9)12(18)6-10(11)15-14(19)16(20)22-21-15/h1-7H,8H2,(H3,20,21,22). The van der Waals surface area contributed by atoms with Gasteiger partial charge >= 0.3 is 0 Å². The summed E-state index contributed by atoms with van der Waals surface area (Å²) in [6.45, 7) is 0.421. The number of aromatic amines is 1. The van der Waals surface area contributed by atoms with Crippen LogP contribution in [0.2, 0.25) is 10.0 Å². The molecule has 0 saturated heterocycles. The number of hydrogen-bond donors (Lipinski definition) is 2. The molecule has 0 aliphatic carbocycles. The minimum atomic E-state index is 0.421. The molecule has 0 bridgehead atoms. The van der Waals surface area contributed by atoms with Gasteiger partial charge in [-0.2, -0.15) is 5.10 Å². The molecule has 0 unspecified atom stereocenters. The molecule has 1 heterocycles. The van der Waals surface area contributed by atoms with Gasteiger partial charge in [-0.15, -0.1) is 0 Å². The van der Waals surface area contributed by atoms with E-state index in [2.05, 4.69) is 32.8 Å². The number of H-pyrrole nitrogens is 1. The zero-order valence-corrected chi connectivity index (χ0v) is 15.5. The molecule has 23 heavy (non-hydrogen) atoms. The molecular formula is C16H12Cl2IN3O. The fraction of sp³-hybridized carbons (Fsp3) is 0.0625. The second kappa shape index (κ2) is 6.98. The molecule has 0 amide bonds. The third-order valence-corrected chi connectivity index (χ3v) is 4.96. The molecule has 3 N–H and O–H groups in total. The largest absolute Gasteiger partial charge is 0.487 e. The molecule has 7 heteroatoms. The molecule has 4 nitrogen and oxygen atoms in total. The topological polar surface area (TPSA) is 63.9 Å². The van der Waals surface area contributed by atoms with E-state index in [1.54, 1.807) is 12.1 Å². The maximum Gasteiger partial charge on any atom is 0.159 e. The molecular weight excluding hydrogens is 448 g/mol. The van der Waals surface area contributed by atoms with Crippen LogP contribution in [0, 0.1) is 3.57 Å². The number of ether oxygens (including phenoxy) is 1. The first-order valence-electron chi connectivity index (χ1n) is 6.71. The lowest BCUT2D eigenvalue weighted by Crippen LogP contribution is -1.96. The van der Waals surface area contributed by atoms with Gasteiger partial charge in [-0.3, -0.25) is 5.10 Å². The lowest BCUT2D eigenvalue weighted by Gasteiger charge is -2.11. The van der Waals surface area contributed by atoms with Crippen LogP contribution in [0.1, 0.15) is 5.56 Å². The number of nitrogens with zero attached hydrogens (tertiary/aromatic N) is 1. The van der Waals surface area contributed by atoms with Crippen LogP contribution in [-0.2, 0) is 6.61 Å². The van der Waals surface area contributed by atoms with Crippen molar-refractivity contribution in [2.45, 2.75) is 6.61 Å². The Morgan fingerprint density at radius 3 is 2.52 bits per heavy atom. The quantitative estimate of drug-likeness (QED) is 0.530. The van der Waals surface area contributed by atoms with Crippen LogP contribution < -0.4 is 10.5 Å². The average Bonchev–Trinajstić information content (AvgIpc) is 2.88. The number of anilines is 1. The number of halogens is 3. The molecule has 0 radical (unpaired) electrons. The van der Waals surface area contributed by atoms with Crippen LogP contribution in [0.15, 0.2) is 42.5 Å². The SMILES string of the molecule is Nc1n[nH]c(-c2cc(Cl)c(OCc3ccccc3)cc2Cl)c1I. The first-order valence-corrected chi connectivity index (χ1v) is 8.55. The Balaban J connectivity index is 1.87. The first kappa shape index (κ1) is 16.4. The average molecular weight is 460 g/mol. The fourth-order valence-electron chi connectivity index (χ4n) is 2.09. The fourth-order valence-corrected chi connectivity index (χ4v) is 3.09. The van der Waals surface area contributed by atoms with Crippen LogP contribution in [0.25, 0.3) is 11.3 Å². The Morgan fingerprint density at radius 1 is 1.13 bits per heavy atom. The van der Waals surface area contributed by atoms with Crippen LogP contribution in [0.5, 0.6) is 5.75 Å². The summed E-state index contributed by atoms with van der Waals surface area (Å²) in [6.07, 6.45) is 0. The van der Waals surface area contributed by atoms with Crippen molar-refractivity contribution in [3.8, 4) is 17.0 Å². The van der Waals surface area contributed by atoms with E-state index in [1.165, 1.54) is 0 Å². The zero-order chi connectivity index (χ0) is 16.4. The highest BCUT2D eigenvalue weighted by Gasteiger charge is 2.16. The van der Waals surface area contributed by atoms with Crippen molar-refractivity contribution in [1.29, 1.82) is 0 Å². The van der Waals surface area contributed by atoms with Crippen molar-refractivity contribution in [3.63, 3.8) is 0 Å². The van der Waals surface area contributed by atoms with Gasteiger partial charge in [0.1, 0.15) is 12.4 Å². The Bertz CT molecular complexity index is 837. The van der Waals surface area contributed by atoms with Crippen molar-refractivity contribution in [2.24, 2.45) is 0 Å². The predicted octanol–water partition coefficient (Wildman–Crippen LogP) is 5.15. The van der Waals surface area contributed by atoms with Gasteiger partial charge in [0.05, 0.1) is 19.3 Å². The highest BCUT2D eigenvalue weighted by molar-refractivity contribution is 14.1. The molecule has 2 aromatic carbocycles. The van der Waals surface area contributed by atoms with E-state index in [-0.39, 0.29) is 0 Å². The van der Waals surface area contributed by atoms with Gasteiger partial charge in [0.2, 0.25) is 0 Å². The number of aromatic nitrogens is 2. The summed E-state index contributed by atoms with van der Waals surface area (Å²) in [5, 5.41) is 7.83. The van der Waals surface area contributed by atoms with Crippen LogP contribution in [0.4, 0.5) is 5.82 Å². The number of rotatable bonds is 4. The zero-order valence-electron chi connectivity index (χ0n) is 11.8. The van der Waals surface area contributed by atoms with Crippen LogP contribution in [0.3, 0.4) is 0 Å². The number of nitrogens with two attached hydrogens (primary N) is 1. The first-order chi connectivity index (χ1) is 11.1. The molecule has 3 aromatic rings. The van der Waals surface area contributed by atoms with E-state index in [1.807, 2.05) is 30.3 Å². The normalized spacial score (nSPS) is 10.7. The van der Waals surface area contributed by atoms with E-state index in [0.717, 1.165) is 20.4 Å². The number of nitrogen functional groups attached to an aromatic ring is 1. The molecule has 118 valence electrons. The van der Waals surface area contributed by atoms with Crippen molar-refractivity contribution in [2.75, 3.05) is 5.73 Å². The second-order valence-electron chi connectivity index (χ2n) is 4.83. The lowest BCUT2D eigenvalue weighted by molar-refractivity contribution is 0.306. The van der Waals surface area contributed by atoms with Gasteiger partial charge in [-0.05, 0) is 34.2 Å². The smallest absolute Gasteiger partial charge is 0.159 e. The number of benzene rings is 2. The number of hydrogen-bond acceptors (Lipinski definition) is 3. The minimum absolute atomic E-state index is 0.421. The van der Waals surface area contributed by atoms with Crippen molar-refractivity contribution in [3.05, 3.63) is 61.6 Å². The Morgan fingerprint density at radius 2 is 1.87 bits per heavy atom. The van der Waals surface area contributed by atoms with E-state index < -0.39 is 0 Å². The highest BCUT2D eigenvalue weighted by atomic mass is 127. The van der Waals surface area contributed by atoms with Crippen molar-refractivity contribution in [1.82, 2.24) is 10.2 Å². The maximum absolute atomic E-state index is 6.37. The summed E-state index contributed by atoms with van der Waals surface area (Å²) in [7, 11) is 0. The van der Waals surface area contributed by atoms with Crippen LogP contribution >= 0.6 is 45.8 Å². The molecule has 0 aliphatic rings. The van der Waals surface area contributed by atoms with Gasteiger partial charge in [0.25, 0.3) is 0 Å². The van der Waals surface area contributed by atoms with Gasteiger partial charge < -0.3 is 10.5 Å². The molecule has 0 atom stereocenters. The van der Waals surface area contributed by atoms with Crippen molar-refractivity contribution < 1.29 is 4.74 Å². The van der Waals surface area contributed by atoms with Gasteiger partial charge in [0.15, 0.2) is 5.82 Å². The van der Waals surface area contributed by atoms with E-state index in [4.69, 9.17) is 33.7 Å². The van der Waals surface area contributed by atoms with Gasteiger partial charge in [0, 0.05) is 11.6 Å². The molecule has 0 fully saturated rings. The molecule has 0 aliphatic heterocycles. The molecule has 3 rings (SSSR count). The molecule has 0 spiro atoms. The summed E-state index contributed by atoms with van der Waals surface area (Å²) < 4.78 is 6.57. The third-order valence-electron chi connectivity index (χ3n) is 3.26. The van der Waals surface area contributed by atoms with E-state index in [9.17, 15) is 0 Å². The highest BCUT2D eigenvalue weighted by Crippen LogP contribution is 2.38.